The molecule has 1 aliphatic heterocycles. The molecular formula is C13H14O3. The Balaban J connectivity index is 1.72. The summed E-state index contributed by atoms with van der Waals surface area (Å²) in [5.41, 5.74) is -0.178. The van der Waals surface area contributed by atoms with Crippen molar-refractivity contribution >= 4 is 11.8 Å². The quantitative estimate of drug-likeness (QED) is 0.570. The van der Waals surface area contributed by atoms with Gasteiger partial charge in [-0.15, -0.1) is 0 Å². The molecule has 3 heteroatoms. The number of esters is 1. The van der Waals surface area contributed by atoms with Crippen LogP contribution >= 0.6 is 0 Å². The third-order valence-electron chi connectivity index (χ3n) is 6.22. The molecular weight excluding hydrogens is 204 g/mol. The van der Waals surface area contributed by atoms with Crippen LogP contribution in [0.3, 0.4) is 0 Å². The van der Waals surface area contributed by atoms with Gasteiger partial charge >= 0.3 is 5.97 Å². The number of Topliss-reactive ketones (excluding diaryl/α,β-unsaturated/α-hetero) is 1. The largest absolute Gasteiger partial charge is 0.465 e. The van der Waals surface area contributed by atoms with Crippen molar-refractivity contribution in [2.75, 3.05) is 6.61 Å². The van der Waals surface area contributed by atoms with Crippen molar-refractivity contribution in [2.24, 2.45) is 40.9 Å². The van der Waals surface area contributed by atoms with E-state index < -0.39 is 0 Å². The van der Waals surface area contributed by atoms with Gasteiger partial charge in [0.2, 0.25) is 0 Å². The fourth-order valence-corrected chi connectivity index (χ4v) is 5.90. The van der Waals surface area contributed by atoms with Gasteiger partial charge in [-0.05, 0) is 42.4 Å². The summed E-state index contributed by atoms with van der Waals surface area (Å²) < 4.78 is 5.38. The van der Waals surface area contributed by atoms with Crippen molar-refractivity contribution < 1.29 is 14.3 Å². The SMILES string of the molecule is O=C1C[C@@H]2C[C@@H]3COC(=O)[C@@]45C[C@@H]4[C@H]1[C@H]2[C@H]35. The van der Waals surface area contributed by atoms with Crippen molar-refractivity contribution in [2.45, 2.75) is 19.3 Å². The third-order valence-corrected chi connectivity index (χ3v) is 6.22. The number of carbonyl (C=O) groups excluding carboxylic acids is 2. The minimum atomic E-state index is -0.178. The number of ether oxygens (including phenoxy) is 1. The number of cyclic esters (lactones) is 1. The van der Waals surface area contributed by atoms with Crippen molar-refractivity contribution in [3.8, 4) is 0 Å². The monoisotopic (exact) mass is 218 g/mol. The highest BCUT2D eigenvalue weighted by Crippen LogP contribution is 2.80. The highest BCUT2D eigenvalue weighted by molar-refractivity contribution is 5.91. The lowest BCUT2D eigenvalue weighted by Crippen LogP contribution is -2.39. The smallest absolute Gasteiger partial charge is 0.312 e. The van der Waals surface area contributed by atoms with E-state index in [4.69, 9.17) is 4.74 Å². The number of ketones is 1. The molecule has 16 heavy (non-hydrogen) atoms. The van der Waals surface area contributed by atoms with Gasteiger partial charge in [0.1, 0.15) is 5.78 Å². The zero-order chi connectivity index (χ0) is 10.7. The minimum Gasteiger partial charge on any atom is -0.465 e. The molecule has 0 N–H and O–H groups in total. The summed E-state index contributed by atoms with van der Waals surface area (Å²) in [5.74, 6) is 3.34. The molecule has 0 radical (unpaired) electrons. The molecule has 0 aromatic heterocycles. The maximum Gasteiger partial charge on any atom is 0.312 e. The number of fused-ring (bicyclic) bond motifs is 1. The van der Waals surface area contributed by atoms with E-state index in [2.05, 4.69) is 0 Å². The lowest BCUT2D eigenvalue weighted by molar-refractivity contribution is -0.163. The van der Waals surface area contributed by atoms with Crippen LogP contribution < -0.4 is 0 Å². The summed E-state index contributed by atoms with van der Waals surface area (Å²) in [6, 6.07) is 0. The molecule has 1 heterocycles. The molecule has 5 rings (SSSR count). The van der Waals surface area contributed by atoms with E-state index in [-0.39, 0.29) is 17.3 Å². The Labute approximate surface area is 93.5 Å². The predicted octanol–water partition coefficient (Wildman–Crippen LogP) is 1.02. The van der Waals surface area contributed by atoms with Gasteiger partial charge in [0.15, 0.2) is 0 Å². The standard InChI is InChI=1S/C13H14O3/c14-8-2-5-1-6-4-16-12(15)13-3-7(13)10(8)9(5)11(6)13/h5-7,9-11H,1-4H2/t5-,6+,7+,9-,10+,11-,13-/m0/s1. The molecule has 0 amide bonds. The second-order valence-corrected chi connectivity index (χ2v) is 6.50. The molecule has 1 saturated heterocycles. The van der Waals surface area contributed by atoms with Crippen molar-refractivity contribution in [3.63, 3.8) is 0 Å². The second-order valence-electron chi connectivity index (χ2n) is 6.50. The topological polar surface area (TPSA) is 43.4 Å². The lowest BCUT2D eigenvalue weighted by atomic mass is 9.77. The Hall–Kier alpha value is -0.860. The van der Waals surface area contributed by atoms with Crippen LogP contribution in [0, 0.1) is 40.9 Å². The summed E-state index contributed by atoms with van der Waals surface area (Å²) in [4.78, 5) is 24.0. The highest BCUT2D eigenvalue weighted by Gasteiger charge is 2.82. The Kier molecular flexibility index (Phi) is 1.08. The number of carbonyl (C=O) groups is 2. The number of rotatable bonds is 0. The van der Waals surface area contributed by atoms with Crippen LogP contribution in [0.4, 0.5) is 0 Å². The lowest BCUT2D eigenvalue weighted by Gasteiger charge is -2.32. The first kappa shape index (κ1) is 8.26. The van der Waals surface area contributed by atoms with Crippen LogP contribution in [0.5, 0.6) is 0 Å². The Morgan fingerprint density at radius 3 is 3.00 bits per heavy atom. The fraction of sp³-hybridized carbons (Fsp3) is 0.846. The first-order chi connectivity index (χ1) is 7.73. The molecule has 0 unspecified atom stereocenters. The Bertz CT molecular complexity index is 442. The van der Waals surface area contributed by atoms with Crippen LogP contribution in [0.2, 0.25) is 0 Å². The first-order valence-electron chi connectivity index (χ1n) is 6.43. The second kappa shape index (κ2) is 2.09. The van der Waals surface area contributed by atoms with Gasteiger partial charge in [-0.3, -0.25) is 9.59 Å². The molecule has 4 aliphatic carbocycles. The molecule has 0 aromatic rings. The molecule has 5 fully saturated rings. The van der Waals surface area contributed by atoms with E-state index in [1.54, 1.807) is 0 Å². The van der Waals surface area contributed by atoms with E-state index in [9.17, 15) is 9.59 Å². The maximum atomic E-state index is 12.0. The summed E-state index contributed by atoms with van der Waals surface area (Å²) >= 11 is 0. The molecule has 4 saturated carbocycles. The van der Waals surface area contributed by atoms with Gasteiger partial charge in [-0.25, -0.2) is 0 Å². The summed E-state index contributed by atoms with van der Waals surface area (Å²) in [7, 11) is 0. The number of hydrogen-bond donors (Lipinski definition) is 0. The van der Waals surface area contributed by atoms with Crippen LogP contribution in [0.1, 0.15) is 19.3 Å². The van der Waals surface area contributed by atoms with Crippen LogP contribution in [-0.2, 0) is 14.3 Å². The van der Waals surface area contributed by atoms with Crippen molar-refractivity contribution in [1.82, 2.24) is 0 Å². The zero-order valence-corrected chi connectivity index (χ0v) is 9.02. The molecule has 1 spiro atoms. The highest BCUT2D eigenvalue weighted by atomic mass is 16.5. The van der Waals surface area contributed by atoms with Crippen LogP contribution in [0.15, 0.2) is 0 Å². The van der Waals surface area contributed by atoms with Gasteiger partial charge in [0, 0.05) is 12.3 Å². The van der Waals surface area contributed by atoms with E-state index in [1.165, 1.54) is 0 Å². The molecule has 84 valence electrons. The van der Waals surface area contributed by atoms with Gasteiger partial charge in [-0.2, -0.15) is 0 Å². The van der Waals surface area contributed by atoms with Crippen molar-refractivity contribution in [1.29, 1.82) is 0 Å². The first-order valence-corrected chi connectivity index (χ1v) is 6.43. The Morgan fingerprint density at radius 2 is 2.12 bits per heavy atom. The number of hydrogen-bond acceptors (Lipinski definition) is 3. The summed E-state index contributed by atoms with van der Waals surface area (Å²) in [5, 5.41) is 0. The van der Waals surface area contributed by atoms with Crippen LogP contribution in [-0.4, -0.2) is 18.4 Å². The van der Waals surface area contributed by atoms with E-state index in [0.29, 0.717) is 42.0 Å². The minimum absolute atomic E-state index is 0.0293. The third kappa shape index (κ3) is 0.593. The molecule has 3 nitrogen and oxygen atoms in total. The Morgan fingerprint density at radius 1 is 1.25 bits per heavy atom. The van der Waals surface area contributed by atoms with E-state index in [0.717, 1.165) is 19.3 Å². The molecule has 0 aromatic carbocycles. The van der Waals surface area contributed by atoms with Crippen LogP contribution in [0.25, 0.3) is 0 Å². The maximum absolute atomic E-state index is 12.0. The molecule has 7 atom stereocenters. The van der Waals surface area contributed by atoms with E-state index >= 15 is 0 Å². The summed E-state index contributed by atoms with van der Waals surface area (Å²) in [6.45, 7) is 0.631. The van der Waals surface area contributed by atoms with Gasteiger partial charge in [0.05, 0.1) is 12.0 Å². The summed E-state index contributed by atoms with van der Waals surface area (Å²) in [6.07, 6.45) is 2.88. The van der Waals surface area contributed by atoms with Gasteiger partial charge < -0.3 is 4.74 Å². The zero-order valence-electron chi connectivity index (χ0n) is 9.02. The normalized spacial score (nSPS) is 64.2. The van der Waals surface area contributed by atoms with Gasteiger partial charge in [0.25, 0.3) is 0 Å². The van der Waals surface area contributed by atoms with Crippen molar-refractivity contribution in [3.05, 3.63) is 0 Å². The van der Waals surface area contributed by atoms with E-state index in [1.807, 2.05) is 0 Å². The van der Waals surface area contributed by atoms with Gasteiger partial charge in [-0.1, -0.05) is 0 Å². The predicted molar refractivity (Wildman–Crippen MR) is 53.2 cm³/mol. The molecule has 5 aliphatic rings. The average molecular weight is 218 g/mol. The fourth-order valence-electron chi connectivity index (χ4n) is 5.90. The molecule has 0 bridgehead atoms. The average Bonchev–Trinajstić information content (AvgIpc) is 2.60.